The zero-order valence-electron chi connectivity index (χ0n) is 10.2. The molecule has 1 aromatic carbocycles. The molecule has 3 rings (SSSR count). The molecule has 0 saturated heterocycles. The molecule has 0 N–H and O–H groups in total. The molecule has 92 valence electrons. The number of esters is 1. The normalized spacial score (nSPS) is 23.7. The van der Waals surface area contributed by atoms with Crippen molar-refractivity contribution in [3.05, 3.63) is 60.2 Å². The summed E-state index contributed by atoms with van der Waals surface area (Å²) in [4.78, 5) is 12.3. The number of ether oxygens (including phenoxy) is 1. The number of rotatable bonds is 3. The van der Waals surface area contributed by atoms with Crippen LogP contribution in [0, 0.1) is 0 Å². The van der Waals surface area contributed by atoms with Crippen molar-refractivity contribution in [3.8, 4) is 0 Å². The lowest BCUT2D eigenvalue weighted by Gasteiger charge is -2.21. The highest BCUT2D eigenvalue weighted by atomic mass is 16.5. The maximum absolute atomic E-state index is 12.3. The average Bonchev–Trinajstić information content (AvgIpc) is 3.22. The SMILES string of the molecule is O=C(OC1C=CCCC1)C1(c2ccccc2)C=C1. The molecule has 0 radical (unpaired) electrons. The Morgan fingerprint density at radius 2 is 2.00 bits per heavy atom. The number of carbonyl (C=O) groups excluding carboxylic acids is 1. The smallest absolute Gasteiger partial charge is 0.324 e. The number of carbonyl (C=O) groups is 1. The van der Waals surface area contributed by atoms with Crippen LogP contribution in [0.25, 0.3) is 0 Å². The van der Waals surface area contributed by atoms with Gasteiger partial charge in [0.1, 0.15) is 11.5 Å². The van der Waals surface area contributed by atoms with Gasteiger partial charge in [0.2, 0.25) is 0 Å². The van der Waals surface area contributed by atoms with Gasteiger partial charge >= 0.3 is 5.97 Å². The largest absolute Gasteiger partial charge is 0.457 e. The van der Waals surface area contributed by atoms with Crippen LogP contribution in [0.15, 0.2) is 54.6 Å². The molecule has 1 unspecified atom stereocenters. The van der Waals surface area contributed by atoms with Crippen molar-refractivity contribution in [2.24, 2.45) is 0 Å². The van der Waals surface area contributed by atoms with E-state index in [2.05, 4.69) is 6.08 Å². The van der Waals surface area contributed by atoms with Crippen molar-refractivity contribution in [1.29, 1.82) is 0 Å². The molecule has 18 heavy (non-hydrogen) atoms. The van der Waals surface area contributed by atoms with Crippen LogP contribution in [0.4, 0.5) is 0 Å². The summed E-state index contributed by atoms with van der Waals surface area (Å²) in [6, 6.07) is 9.79. The van der Waals surface area contributed by atoms with Gasteiger partial charge in [-0.3, -0.25) is 4.79 Å². The Bertz CT molecular complexity index is 493. The molecule has 0 fully saturated rings. The van der Waals surface area contributed by atoms with E-state index in [0.29, 0.717) is 0 Å². The Labute approximate surface area is 107 Å². The molecule has 0 aromatic heterocycles. The maximum atomic E-state index is 12.3. The Hall–Kier alpha value is -1.83. The van der Waals surface area contributed by atoms with Crippen LogP contribution in [0.2, 0.25) is 0 Å². The molecule has 1 aromatic rings. The monoisotopic (exact) mass is 240 g/mol. The second kappa shape index (κ2) is 4.45. The van der Waals surface area contributed by atoms with Crippen molar-refractivity contribution in [2.45, 2.75) is 30.8 Å². The van der Waals surface area contributed by atoms with E-state index in [0.717, 1.165) is 24.8 Å². The molecular formula is C16H16O2. The fraction of sp³-hybridized carbons (Fsp3) is 0.312. The second-order valence-electron chi connectivity index (χ2n) is 4.87. The fourth-order valence-corrected chi connectivity index (χ4v) is 2.36. The van der Waals surface area contributed by atoms with Crippen LogP contribution in [0.5, 0.6) is 0 Å². The molecule has 0 amide bonds. The van der Waals surface area contributed by atoms with E-state index < -0.39 is 5.41 Å². The molecule has 2 aliphatic rings. The predicted molar refractivity (Wildman–Crippen MR) is 70.1 cm³/mol. The van der Waals surface area contributed by atoms with Crippen molar-refractivity contribution in [3.63, 3.8) is 0 Å². The summed E-state index contributed by atoms with van der Waals surface area (Å²) in [5.41, 5.74) is 0.404. The van der Waals surface area contributed by atoms with E-state index in [1.54, 1.807) is 0 Å². The van der Waals surface area contributed by atoms with Gasteiger partial charge < -0.3 is 4.74 Å². The lowest BCUT2D eigenvalue weighted by atomic mass is 9.93. The predicted octanol–water partition coefficient (Wildman–Crippen LogP) is 3.15. The Balaban J connectivity index is 1.73. The van der Waals surface area contributed by atoms with Gasteiger partial charge in [-0.15, -0.1) is 0 Å². The summed E-state index contributed by atoms with van der Waals surface area (Å²) in [5.74, 6) is -0.148. The van der Waals surface area contributed by atoms with Crippen LogP contribution < -0.4 is 0 Å². The van der Waals surface area contributed by atoms with Gasteiger partial charge in [-0.25, -0.2) is 0 Å². The maximum Gasteiger partial charge on any atom is 0.324 e. The molecule has 2 heteroatoms. The second-order valence-corrected chi connectivity index (χ2v) is 4.87. The molecule has 1 atom stereocenters. The third-order valence-electron chi connectivity index (χ3n) is 3.56. The minimum Gasteiger partial charge on any atom is -0.457 e. The standard InChI is InChI=1S/C16H16O2/c17-15(18-14-9-5-2-6-10-14)16(11-12-16)13-7-3-1-4-8-13/h1,3-5,7-9,11-12,14H,2,6,10H2. The Morgan fingerprint density at radius 3 is 2.61 bits per heavy atom. The molecule has 0 saturated carbocycles. The summed E-state index contributed by atoms with van der Waals surface area (Å²) in [6.07, 6.45) is 11.0. The third kappa shape index (κ3) is 1.99. The van der Waals surface area contributed by atoms with Gasteiger partial charge in [0.25, 0.3) is 0 Å². The first-order chi connectivity index (χ1) is 8.81. The van der Waals surface area contributed by atoms with Crippen molar-refractivity contribution in [1.82, 2.24) is 0 Å². The van der Waals surface area contributed by atoms with Gasteiger partial charge in [-0.05, 0) is 30.9 Å². The zero-order chi connectivity index (χ0) is 12.4. The number of hydrogen-bond acceptors (Lipinski definition) is 2. The molecule has 2 nitrogen and oxygen atoms in total. The van der Waals surface area contributed by atoms with Gasteiger partial charge in [-0.1, -0.05) is 48.6 Å². The minimum absolute atomic E-state index is 0.0470. The van der Waals surface area contributed by atoms with Crippen LogP contribution >= 0.6 is 0 Å². The van der Waals surface area contributed by atoms with Crippen molar-refractivity contribution in [2.75, 3.05) is 0 Å². The van der Waals surface area contributed by atoms with Gasteiger partial charge in [0.15, 0.2) is 0 Å². The molecule has 0 spiro atoms. The molecule has 0 aliphatic heterocycles. The first kappa shape index (κ1) is 11.3. The highest BCUT2D eigenvalue weighted by molar-refractivity contribution is 5.93. The summed E-state index contributed by atoms with van der Waals surface area (Å²) in [6.45, 7) is 0. The summed E-state index contributed by atoms with van der Waals surface area (Å²) < 4.78 is 5.58. The van der Waals surface area contributed by atoms with E-state index in [1.807, 2.05) is 48.6 Å². The summed E-state index contributed by atoms with van der Waals surface area (Å²) in [5, 5.41) is 0. The molecular weight excluding hydrogens is 224 g/mol. The summed E-state index contributed by atoms with van der Waals surface area (Å²) >= 11 is 0. The van der Waals surface area contributed by atoms with Gasteiger partial charge in [-0.2, -0.15) is 0 Å². The highest BCUT2D eigenvalue weighted by Crippen LogP contribution is 2.40. The quantitative estimate of drug-likeness (QED) is 0.599. The third-order valence-corrected chi connectivity index (χ3v) is 3.56. The fourth-order valence-electron chi connectivity index (χ4n) is 2.36. The van der Waals surface area contributed by atoms with Crippen LogP contribution in [-0.2, 0) is 14.9 Å². The van der Waals surface area contributed by atoms with Gasteiger partial charge in [0.05, 0.1) is 0 Å². The summed E-state index contributed by atoms with van der Waals surface area (Å²) in [7, 11) is 0. The van der Waals surface area contributed by atoms with E-state index in [-0.39, 0.29) is 12.1 Å². The van der Waals surface area contributed by atoms with E-state index in [1.165, 1.54) is 0 Å². The minimum atomic E-state index is -0.591. The Morgan fingerprint density at radius 1 is 1.22 bits per heavy atom. The van der Waals surface area contributed by atoms with Crippen LogP contribution in [0.1, 0.15) is 24.8 Å². The number of benzene rings is 1. The first-order valence-corrected chi connectivity index (χ1v) is 6.45. The highest BCUT2D eigenvalue weighted by Gasteiger charge is 2.46. The van der Waals surface area contributed by atoms with Crippen molar-refractivity contribution < 1.29 is 9.53 Å². The lowest BCUT2D eigenvalue weighted by Crippen LogP contribution is -2.29. The zero-order valence-corrected chi connectivity index (χ0v) is 10.2. The van der Waals surface area contributed by atoms with E-state index in [9.17, 15) is 4.79 Å². The van der Waals surface area contributed by atoms with E-state index >= 15 is 0 Å². The lowest BCUT2D eigenvalue weighted by molar-refractivity contribution is -0.149. The number of allylic oxidation sites excluding steroid dienone is 1. The molecule has 2 aliphatic carbocycles. The number of hydrogen-bond donors (Lipinski definition) is 0. The molecule has 0 bridgehead atoms. The van der Waals surface area contributed by atoms with Crippen molar-refractivity contribution >= 4 is 5.97 Å². The molecule has 0 heterocycles. The average molecular weight is 240 g/mol. The van der Waals surface area contributed by atoms with Crippen LogP contribution in [0.3, 0.4) is 0 Å². The van der Waals surface area contributed by atoms with Gasteiger partial charge in [0, 0.05) is 0 Å². The van der Waals surface area contributed by atoms with E-state index in [4.69, 9.17) is 4.74 Å². The topological polar surface area (TPSA) is 26.3 Å². The first-order valence-electron chi connectivity index (χ1n) is 6.45. The van der Waals surface area contributed by atoms with Crippen LogP contribution in [-0.4, -0.2) is 12.1 Å². The Kier molecular flexibility index (Phi) is 2.78.